The van der Waals surface area contributed by atoms with Gasteiger partial charge in [-0.05, 0) is 23.3 Å². The Balaban J connectivity index is 1.87. The van der Waals surface area contributed by atoms with Crippen LogP contribution in [0.3, 0.4) is 0 Å². The topological polar surface area (TPSA) is 154 Å². The first kappa shape index (κ1) is 26.8. The molecule has 2 amide bonds. The number of hydrogen-bond donors (Lipinski definition) is 2. The van der Waals surface area contributed by atoms with E-state index in [2.05, 4.69) is 21.5 Å². The fourth-order valence-corrected chi connectivity index (χ4v) is 4.49. The molecule has 0 aliphatic carbocycles. The molecule has 39 heavy (non-hydrogen) atoms. The fraction of sp³-hybridized carbons (Fsp3) is 0.214. The summed E-state index contributed by atoms with van der Waals surface area (Å²) < 4.78 is 5.89. The minimum absolute atomic E-state index is 0.208. The molecule has 2 aromatic carbocycles. The number of benzene rings is 2. The summed E-state index contributed by atoms with van der Waals surface area (Å²) in [5, 5.41) is 26.5. The number of anilines is 1. The molecule has 11 nitrogen and oxygen atoms in total. The van der Waals surface area contributed by atoms with Gasteiger partial charge in [-0.15, -0.1) is 0 Å². The highest BCUT2D eigenvalue weighted by atomic mass is 16.5. The summed E-state index contributed by atoms with van der Waals surface area (Å²) in [5.41, 5.74) is 1.06. The zero-order valence-corrected chi connectivity index (χ0v) is 21.7. The Morgan fingerprint density at radius 1 is 1.18 bits per heavy atom. The fourth-order valence-electron chi connectivity index (χ4n) is 4.49. The van der Waals surface area contributed by atoms with Crippen LogP contribution in [0, 0.1) is 11.3 Å². The standard InChI is InChI=1S/C28H26N6O5/c1-16(25-32-23(24(35)28(38)34(25)4)26(36)31-20-14-30-39-15-20)22(17-8-6-5-7-9-17)21-11-10-18(12-19(21)13-29)27(37)33(2)3/h5-12,14-16,22,35H,1-4H3,(H,31,36). The summed E-state index contributed by atoms with van der Waals surface area (Å²) >= 11 is 0. The Bertz CT molecular complexity index is 1620. The van der Waals surface area contributed by atoms with Gasteiger partial charge >= 0.3 is 0 Å². The Labute approximate surface area is 223 Å². The van der Waals surface area contributed by atoms with Gasteiger partial charge in [-0.1, -0.05) is 48.5 Å². The average Bonchev–Trinajstić information content (AvgIpc) is 3.45. The van der Waals surface area contributed by atoms with Crippen LogP contribution in [0.5, 0.6) is 5.75 Å². The number of hydrogen-bond acceptors (Lipinski definition) is 8. The van der Waals surface area contributed by atoms with Crippen LogP contribution in [0.1, 0.15) is 62.1 Å². The second-order valence-electron chi connectivity index (χ2n) is 9.19. The zero-order chi connectivity index (χ0) is 28.3. The molecule has 0 aliphatic rings. The predicted molar refractivity (Wildman–Crippen MR) is 141 cm³/mol. The summed E-state index contributed by atoms with van der Waals surface area (Å²) in [4.78, 5) is 44.3. The first-order valence-electron chi connectivity index (χ1n) is 11.9. The van der Waals surface area contributed by atoms with E-state index in [4.69, 9.17) is 4.52 Å². The van der Waals surface area contributed by atoms with Gasteiger partial charge in [0.2, 0.25) is 5.75 Å². The third-order valence-corrected chi connectivity index (χ3v) is 6.43. The molecular formula is C28H26N6O5. The molecule has 2 aromatic heterocycles. The van der Waals surface area contributed by atoms with E-state index in [1.54, 1.807) is 32.3 Å². The summed E-state index contributed by atoms with van der Waals surface area (Å²) in [6.45, 7) is 1.82. The lowest BCUT2D eigenvalue weighted by Crippen LogP contribution is -2.29. The molecule has 0 aliphatic heterocycles. The van der Waals surface area contributed by atoms with E-state index in [0.29, 0.717) is 11.1 Å². The predicted octanol–water partition coefficient (Wildman–Crippen LogP) is 3.24. The molecule has 0 radical (unpaired) electrons. The van der Waals surface area contributed by atoms with Crippen LogP contribution >= 0.6 is 0 Å². The number of nitriles is 1. The first-order valence-corrected chi connectivity index (χ1v) is 11.9. The molecule has 2 atom stereocenters. The lowest BCUT2D eigenvalue weighted by Gasteiger charge is -2.27. The average molecular weight is 527 g/mol. The highest BCUT2D eigenvalue weighted by Gasteiger charge is 2.31. The quantitative estimate of drug-likeness (QED) is 0.372. The van der Waals surface area contributed by atoms with E-state index in [-0.39, 0.29) is 23.0 Å². The summed E-state index contributed by atoms with van der Waals surface area (Å²) in [6, 6.07) is 16.5. The number of carbonyl (C=O) groups is 2. The van der Waals surface area contributed by atoms with Gasteiger partial charge in [0.1, 0.15) is 17.8 Å². The molecule has 4 rings (SSSR count). The largest absolute Gasteiger partial charge is 0.501 e. The molecule has 198 valence electrons. The van der Waals surface area contributed by atoms with Crippen molar-refractivity contribution in [2.45, 2.75) is 18.8 Å². The molecule has 2 N–H and O–H groups in total. The van der Waals surface area contributed by atoms with Crippen molar-refractivity contribution in [2.75, 3.05) is 19.4 Å². The zero-order valence-electron chi connectivity index (χ0n) is 21.7. The normalized spacial score (nSPS) is 12.3. The number of rotatable bonds is 7. The van der Waals surface area contributed by atoms with Crippen LogP contribution in [0.4, 0.5) is 5.69 Å². The Kier molecular flexibility index (Phi) is 7.58. The van der Waals surface area contributed by atoms with Crippen molar-refractivity contribution in [2.24, 2.45) is 7.05 Å². The van der Waals surface area contributed by atoms with E-state index in [0.717, 1.165) is 5.56 Å². The highest BCUT2D eigenvalue weighted by molar-refractivity contribution is 6.04. The molecule has 0 spiro atoms. The van der Waals surface area contributed by atoms with Crippen molar-refractivity contribution in [3.63, 3.8) is 0 Å². The van der Waals surface area contributed by atoms with Crippen molar-refractivity contribution in [3.8, 4) is 11.8 Å². The van der Waals surface area contributed by atoms with Gasteiger partial charge in [0.05, 0.1) is 17.8 Å². The third kappa shape index (κ3) is 5.26. The van der Waals surface area contributed by atoms with Gasteiger partial charge in [-0.25, -0.2) is 4.98 Å². The number of aromatic hydroxyl groups is 1. The minimum Gasteiger partial charge on any atom is -0.501 e. The van der Waals surface area contributed by atoms with Gasteiger partial charge < -0.3 is 19.8 Å². The Morgan fingerprint density at radius 3 is 2.51 bits per heavy atom. The van der Waals surface area contributed by atoms with E-state index < -0.39 is 34.7 Å². The second kappa shape index (κ2) is 11.0. The van der Waals surface area contributed by atoms with E-state index >= 15 is 0 Å². The molecular weight excluding hydrogens is 500 g/mol. The third-order valence-electron chi connectivity index (χ3n) is 6.43. The molecule has 0 bridgehead atoms. The smallest absolute Gasteiger partial charge is 0.296 e. The first-order chi connectivity index (χ1) is 18.6. The van der Waals surface area contributed by atoms with Crippen molar-refractivity contribution >= 4 is 17.5 Å². The van der Waals surface area contributed by atoms with Crippen LogP contribution in [0.15, 0.2) is 70.3 Å². The van der Waals surface area contributed by atoms with Crippen molar-refractivity contribution in [3.05, 3.63) is 105 Å². The SMILES string of the molecule is CC(c1nc(C(=O)Nc2cnoc2)c(O)c(=O)n1C)C(c1ccccc1)c1ccc(C(=O)N(C)C)cc1C#N. The second-order valence-corrected chi connectivity index (χ2v) is 9.19. The van der Waals surface area contributed by atoms with Crippen LogP contribution in [-0.4, -0.2) is 50.6 Å². The number of amides is 2. The lowest BCUT2D eigenvalue weighted by atomic mass is 9.79. The maximum atomic E-state index is 13.0. The van der Waals surface area contributed by atoms with Gasteiger partial charge in [-0.2, -0.15) is 5.26 Å². The lowest BCUT2D eigenvalue weighted by molar-refractivity contribution is 0.0827. The summed E-state index contributed by atoms with van der Waals surface area (Å²) in [6.07, 6.45) is 2.46. The summed E-state index contributed by atoms with van der Waals surface area (Å²) in [5.74, 6) is -2.71. The van der Waals surface area contributed by atoms with E-state index in [1.165, 1.54) is 29.0 Å². The molecule has 0 fully saturated rings. The minimum atomic E-state index is -0.817. The molecule has 2 heterocycles. The van der Waals surface area contributed by atoms with Crippen molar-refractivity contribution in [1.29, 1.82) is 5.26 Å². The molecule has 0 saturated heterocycles. The maximum absolute atomic E-state index is 13.0. The van der Waals surface area contributed by atoms with Crippen molar-refractivity contribution in [1.82, 2.24) is 19.6 Å². The van der Waals surface area contributed by atoms with E-state index in [9.17, 15) is 24.8 Å². The van der Waals surface area contributed by atoms with Crippen LogP contribution in [0.2, 0.25) is 0 Å². The summed E-state index contributed by atoms with van der Waals surface area (Å²) in [7, 11) is 4.71. The number of carbonyl (C=O) groups excluding carboxylic acids is 2. The molecule has 4 aromatic rings. The Hall–Kier alpha value is -5.24. The number of nitrogens with one attached hydrogen (secondary N) is 1. The highest BCUT2D eigenvalue weighted by Crippen LogP contribution is 2.39. The van der Waals surface area contributed by atoms with Gasteiger partial charge in [0.25, 0.3) is 17.4 Å². The number of aromatic nitrogens is 3. The molecule has 2 unspecified atom stereocenters. The van der Waals surface area contributed by atoms with Gasteiger partial charge in [-0.3, -0.25) is 19.0 Å². The molecule has 11 heteroatoms. The van der Waals surface area contributed by atoms with Crippen LogP contribution < -0.4 is 10.9 Å². The maximum Gasteiger partial charge on any atom is 0.296 e. The Morgan fingerprint density at radius 2 is 1.90 bits per heavy atom. The number of nitrogens with zero attached hydrogens (tertiary/aromatic N) is 5. The van der Waals surface area contributed by atoms with E-state index in [1.807, 2.05) is 37.3 Å². The van der Waals surface area contributed by atoms with Crippen molar-refractivity contribution < 1.29 is 19.2 Å². The van der Waals surface area contributed by atoms with Gasteiger partial charge in [0, 0.05) is 38.5 Å². The van der Waals surface area contributed by atoms with Crippen LogP contribution in [-0.2, 0) is 7.05 Å². The monoisotopic (exact) mass is 526 g/mol. The molecule has 0 saturated carbocycles. The van der Waals surface area contributed by atoms with Crippen LogP contribution in [0.25, 0.3) is 0 Å². The van der Waals surface area contributed by atoms with Gasteiger partial charge in [0.15, 0.2) is 5.69 Å².